The lowest BCUT2D eigenvalue weighted by molar-refractivity contribution is 0.102. The minimum atomic E-state index is -0.170. The van der Waals surface area contributed by atoms with E-state index in [-0.39, 0.29) is 5.91 Å². The van der Waals surface area contributed by atoms with E-state index in [0.717, 1.165) is 21.4 Å². The Labute approximate surface area is 136 Å². The van der Waals surface area contributed by atoms with Crippen LogP contribution < -0.4 is 10.6 Å². The number of rotatable bonds is 4. The van der Waals surface area contributed by atoms with Gasteiger partial charge in [0.1, 0.15) is 0 Å². The minimum Gasteiger partial charge on any atom is -0.332 e. The number of nitrogens with one attached hydrogen (secondary N) is 2. The number of carbonyl (C=O) groups excluding carboxylic acids is 1. The Morgan fingerprint density at radius 1 is 1.23 bits per heavy atom. The van der Waals surface area contributed by atoms with Crippen LogP contribution in [0.5, 0.6) is 0 Å². The molecule has 2 aromatic heterocycles. The number of hydrogen-bond donors (Lipinski definition) is 2. The highest BCUT2D eigenvalue weighted by Crippen LogP contribution is 2.23. The molecular weight excluding hydrogens is 316 g/mol. The molecule has 1 amide bonds. The van der Waals surface area contributed by atoms with Crippen LogP contribution in [0.1, 0.15) is 20.9 Å². The number of carbonyl (C=O) groups is 1. The van der Waals surface area contributed by atoms with Gasteiger partial charge in [0.2, 0.25) is 0 Å². The molecule has 5 nitrogen and oxygen atoms in total. The quantitative estimate of drug-likeness (QED) is 0.752. The number of aromatic nitrogens is 2. The molecule has 0 aliphatic heterocycles. The van der Waals surface area contributed by atoms with Crippen LogP contribution in [0.15, 0.2) is 35.8 Å². The van der Waals surface area contributed by atoms with Gasteiger partial charge in [-0.1, -0.05) is 6.07 Å². The van der Waals surface area contributed by atoms with Crippen molar-refractivity contribution < 1.29 is 4.79 Å². The summed E-state index contributed by atoms with van der Waals surface area (Å²) in [5.74, 6) is -0.170. The van der Waals surface area contributed by atoms with Crippen LogP contribution in [0.2, 0.25) is 0 Å². The molecular formula is C15H14N4OS2. The van der Waals surface area contributed by atoms with Gasteiger partial charge in [0, 0.05) is 27.7 Å². The second-order valence-corrected chi connectivity index (χ2v) is 6.76. The molecule has 22 heavy (non-hydrogen) atoms. The average Bonchev–Trinajstić information content (AvgIpc) is 3.10. The molecule has 3 rings (SSSR count). The molecule has 0 unspecified atom stereocenters. The van der Waals surface area contributed by atoms with Crippen molar-refractivity contribution in [3.63, 3.8) is 0 Å². The Kier molecular flexibility index (Phi) is 4.17. The molecule has 0 aliphatic rings. The molecule has 2 heterocycles. The summed E-state index contributed by atoms with van der Waals surface area (Å²) < 4.78 is 0. The number of anilines is 3. The van der Waals surface area contributed by atoms with Crippen LogP contribution in [-0.4, -0.2) is 15.9 Å². The molecule has 0 bridgehead atoms. The van der Waals surface area contributed by atoms with Gasteiger partial charge < -0.3 is 5.32 Å². The third-order valence-electron chi connectivity index (χ3n) is 3.06. The molecule has 0 atom stereocenters. The van der Waals surface area contributed by atoms with E-state index in [2.05, 4.69) is 20.6 Å². The lowest BCUT2D eigenvalue weighted by atomic mass is 10.2. The second kappa shape index (κ2) is 6.25. The fourth-order valence-corrected chi connectivity index (χ4v) is 3.20. The number of hydrogen-bond acceptors (Lipinski definition) is 6. The van der Waals surface area contributed by atoms with Crippen LogP contribution >= 0.6 is 22.7 Å². The van der Waals surface area contributed by atoms with Crippen LogP contribution in [-0.2, 0) is 0 Å². The summed E-state index contributed by atoms with van der Waals surface area (Å²) in [7, 11) is 0. The normalized spacial score (nSPS) is 10.5. The van der Waals surface area contributed by atoms with Crippen molar-refractivity contribution in [2.24, 2.45) is 0 Å². The van der Waals surface area contributed by atoms with E-state index in [0.29, 0.717) is 10.7 Å². The van der Waals surface area contributed by atoms with E-state index in [1.54, 1.807) is 18.3 Å². The molecule has 1 aromatic carbocycles. The summed E-state index contributed by atoms with van der Waals surface area (Å²) in [6.45, 7) is 3.92. The zero-order valence-corrected chi connectivity index (χ0v) is 13.7. The van der Waals surface area contributed by atoms with Crippen molar-refractivity contribution in [1.82, 2.24) is 9.97 Å². The molecule has 0 fully saturated rings. The highest BCUT2D eigenvalue weighted by molar-refractivity contribution is 7.15. The van der Waals surface area contributed by atoms with Crippen molar-refractivity contribution in [1.29, 1.82) is 0 Å². The van der Waals surface area contributed by atoms with E-state index in [1.807, 2.05) is 31.4 Å². The maximum atomic E-state index is 12.3. The second-order valence-electron chi connectivity index (χ2n) is 4.66. The predicted octanol–water partition coefficient (Wildman–Crippen LogP) is 4.21. The van der Waals surface area contributed by atoms with E-state index >= 15 is 0 Å². The molecule has 2 N–H and O–H groups in total. The smallest absolute Gasteiger partial charge is 0.257 e. The van der Waals surface area contributed by atoms with Gasteiger partial charge >= 0.3 is 0 Å². The van der Waals surface area contributed by atoms with E-state index < -0.39 is 0 Å². The van der Waals surface area contributed by atoms with Gasteiger partial charge in [-0.05, 0) is 32.0 Å². The van der Waals surface area contributed by atoms with Gasteiger partial charge in [-0.2, -0.15) is 0 Å². The van der Waals surface area contributed by atoms with Crippen molar-refractivity contribution >= 4 is 44.5 Å². The Bertz CT molecular complexity index is 776. The van der Waals surface area contributed by atoms with Crippen LogP contribution in [0, 0.1) is 13.8 Å². The maximum absolute atomic E-state index is 12.3. The summed E-state index contributed by atoms with van der Waals surface area (Å²) in [5.41, 5.74) is 2.35. The Balaban J connectivity index is 1.75. The monoisotopic (exact) mass is 330 g/mol. The minimum absolute atomic E-state index is 0.170. The number of benzene rings is 1. The van der Waals surface area contributed by atoms with Gasteiger partial charge in [0.15, 0.2) is 10.3 Å². The topological polar surface area (TPSA) is 66.9 Å². The zero-order valence-electron chi connectivity index (χ0n) is 12.1. The average molecular weight is 330 g/mol. The van der Waals surface area contributed by atoms with Crippen molar-refractivity contribution in [2.45, 2.75) is 13.8 Å². The van der Waals surface area contributed by atoms with E-state index in [1.165, 1.54) is 22.7 Å². The number of thiazole rings is 2. The summed E-state index contributed by atoms with van der Waals surface area (Å²) in [6.07, 6.45) is 1.73. The van der Waals surface area contributed by atoms with Gasteiger partial charge in [0.05, 0.1) is 5.69 Å². The van der Waals surface area contributed by atoms with Crippen molar-refractivity contribution in [2.75, 3.05) is 10.6 Å². The van der Waals surface area contributed by atoms with Crippen LogP contribution in [0.4, 0.5) is 16.0 Å². The molecule has 0 aliphatic carbocycles. The number of aryl methyl sites for hydroxylation is 2. The molecule has 0 saturated heterocycles. The highest BCUT2D eigenvalue weighted by Gasteiger charge is 2.10. The summed E-state index contributed by atoms with van der Waals surface area (Å²) in [6, 6.07) is 7.30. The first-order valence-electron chi connectivity index (χ1n) is 6.64. The number of amides is 1. The van der Waals surface area contributed by atoms with Crippen molar-refractivity contribution in [3.8, 4) is 0 Å². The Morgan fingerprint density at radius 2 is 2.09 bits per heavy atom. The Morgan fingerprint density at radius 3 is 2.77 bits per heavy atom. The summed E-state index contributed by atoms with van der Waals surface area (Å²) >= 11 is 2.99. The molecule has 7 heteroatoms. The van der Waals surface area contributed by atoms with Gasteiger partial charge in [-0.3, -0.25) is 10.1 Å². The first-order valence-corrected chi connectivity index (χ1v) is 8.33. The lowest BCUT2D eigenvalue weighted by Crippen LogP contribution is -2.11. The first kappa shape index (κ1) is 14.7. The van der Waals surface area contributed by atoms with Gasteiger partial charge in [-0.25, -0.2) is 9.97 Å². The third kappa shape index (κ3) is 3.32. The van der Waals surface area contributed by atoms with Crippen LogP contribution in [0.3, 0.4) is 0 Å². The standard InChI is InChI=1S/C15H14N4OS2/c1-9-10(2)22-15(17-9)19-13(20)11-4-3-5-12(8-11)18-14-16-6-7-21-14/h3-8H,1-2H3,(H,16,18)(H,17,19,20). The van der Waals surface area contributed by atoms with Gasteiger partial charge in [0.25, 0.3) is 5.91 Å². The fourth-order valence-electron chi connectivity index (χ4n) is 1.84. The summed E-state index contributed by atoms with van der Waals surface area (Å²) in [5, 5.41) is 9.32. The predicted molar refractivity (Wildman–Crippen MR) is 91.4 cm³/mol. The SMILES string of the molecule is Cc1nc(NC(=O)c2cccc(Nc3nccs3)c2)sc1C. The van der Waals surface area contributed by atoms with E-state index in [9.17, 15) is 4.79 Å². The number of nitrogens with zero attached hydrogens (tertiary/aromatic N) is 2. The molecule has 0 radical (unpaired) electrons. The van der Waals surface area contributed by atoms with Crippen molar-refractivity contribution in [3.05, 3.63) is 52.0 Å². The largest absolute Gasteiger partial charge is 0.332 e. The molecule has 0 spiro atoms. The Hall–Kier alpha value is -2.25. The van der Waals surface area contributed by atoms with Crippen LogP contribution in [0.25, 0.3) is 0 Å². The molecule has 0 saturated carbocycles. The van der Waals surface area contributed by atoms with Gasteiger partial charge in [-0.15, -0.1) is 22.7 Å². The van der Waals surface area contributed by atoms with E-state index in [4.69, 9.17) is 0 Å². The summed E-state index contributed by atoms with van der Waals surface area (Å²) in [4.78, 5) is 21.9. The fraction of sp³-hybridized carbons (Fsp3) is 0.133. The zero-order chi connectivity index (χ0) is 15.5. The highest BCUT2D eigenvalue weighted by atomic mass is 32.1. The third-order valence-corrected chi connectivity index (χ3v) is 4.73. The molecule has 3 aromatic rings. The lowest BCUT2D eigenvalue weighted by Gasteiger charge is -2.06. The first-order chi connectivity index (χ1) is 10.6. The molecule has 112 valence electrons. The maximum Gasteiger partial charge on any atom is 0.257 e.